The second kappa shape index (κ2) is 21.3. The average Bonchev–Trinajstić information content (AvgIpc) is 2.94. The number of benzene rings is 1. The molecule has 0 saturated heterocycles. The van der Waals surface area contributed by atoms with E-state index in [4.69, 9.17) is 4.74 Å². The second-order valence-corrected chi connectivity index (χ2v) is 13.9. The van der Waals surface area contributed by atoms with Crippen LogP contribution in [-0.2, 0) is 15.8 Å². The third-order valence-corrected chi connectivity index (χ3v) is 9.18. The maximum absolute atomic E-state index is 12.7. The summed E-state index contributed by atoms with van der Waals surface area (Å²) in [6.07, 6.45) is 21.0. The van der Waals surface area contributed by atoms with E-state index in [2.05, 4.69) is 12.2 Å². The Hall–Kier alpha value is -1.40. The number of unbranched alkanes of at least 4 members (excludes halogenated alkanes) is 12. The smallest absolute Gasteiger partial charge is 0.328 e. The number of carbonyl (C=O) groups excluding carboxylic acids is 1. The monoisotopic (exact) mass is 595 g/mol. The third kappa shape index (κ3) is 18.0. The molecule has 2 rings (SSSR count). The van der Waals surface area contributed by atoms with Gasteiger partial charge >= 0.3 is 7.60 Å². The quantitative estimate of drug-likeness (QED) is 0.0761. The normalized spacial score (nSPS) is 15.9. The summed E-state index contributed by atoms with van der Waals surface area (Å²) in [6, 6.07) is 6.80. The van der Waals surface area contributed by atoms with Gasteiger partial charge in [0.25, 0.3) is 0 Å². The molecule has 1 unspecified atom stereocenters. The molecule has 0 aliphatic heterocycles. The van der Waals surface area contributed by atoms with Crippen molar-refractivity contribution in [3.63, 3.8) is 0 Å². The molecule has 1 saturated carbocycles. The average molecular weight is 596 g/mol. The third-order valence-electron chi connectivity index (χ3n) is 8.33. The predicted octanol–water partition coefficient (Wildman–Crippen LogP) is 7.69. The van der Waals surface area contributed by atoms with Gasteiger partial charge in [-0.15, -0.1) is 0 Å². The Kier molecular flexibility index (Phi) is 18.6. The van der Waals surface area contributed by atoms with Crippen LogP contribution in [0.3, 0.4) is 0 Å². The van der Waals surface area contributed by atoms with Crippen molar-refractivity contribution >= 4 is 13.5 Å². The summed E-state index contributed by atoms with van der Waals surface area (Å²) in [5.74, 6) is 1.22. The van der Waals surface area contributed by atoms with E-state index in [1.807, 2.05) is 24.3 Å². The number of carbonyl (C=O) groups is 1. The molecule has 1 amide bonds. The lowest BCUT2D eigenvalue weighted by atomic mass is 9.90. The number of ether oxygens (including phenoxy) is 1. The highest BCUT2D eigenvalue weighted by atomic mass is 31.2. The highest BCUT2D eigenvalue weighted by Gasteiger charge is 2.28. The number of nitrogens with one attached hydrogen (secondary N) is 1. The topological polar surface area (TPSA) is 116 Å². The summed E-state index contributed by atoms with van der Waals surface area (Å²) in [5.41, 5.74) is 0.867. The van der Waals surface area contributed by atoms with Crippen LogP contribution in [0.25, 0.3) is 0 Å². The number of hydrogen-bond acceptors (Lipinski definition) is 4. The molecule has 0 radical (unpaired) electrons. The molecular formula is C33H58NO6P. The van der Waals surface area contributed by atoms with E-state index in [0.717, 1.165) is 37.2 Å². The van der Waals surface area contributed by atoms with Crippen LogP contribution >= 0.6 is 7.60 Å². The zero-order chi connectivity index (χ0) is 29.8. The first-order valence-corrected chi connectivity index (χ1v) is 18.3. The molecule has 1 aromatic rings. The molecule has 1 aliphatic carbocycles. The summed E-state index contributed by atoms with van der Waals surface area (Å²) < 4.78 is 17.5. The highest BCUT2D eigenvalue weighted by molar-refractivity contribution is 7.51. The molecule has 0 spiro atoms. The van der Waals surface area contributed by atoms with Crippen molar-refractivity contribution in [2.45, 2.75) is 147 Å². The standard InChI is InChI=1S/C33H58NO6P/c1-2-3-4-5-6-7-8-9-10-11-12-13-17-20-33(36)34-31(32(35)27-41(37,38)39)25-28-21-23-30(24-22-28)40-26-29-18-15-14-16-19-29/h21-24,29,31-32,35H,2-20,25-27H2,1H3,(H,34,36)(H2,37,38,39)/t31-,32?/m0/s1. The van der Waals surface area contributed by atoms with Crippen LogP contribution in [0.5, 0.6) is 5.75 Å². The number of aliphatic hydroxyl groups is 1. The first kappa shape index (κ1) is 35.8. The van der Waals surface area contributed by atoms with E-state index in [-0.39, 0.29) is 12.3 Å². The number of hydrogen-bond donors (Lipinski definition) is 4. The molecule has 8 heteroatoms. The SMILES string of the molecule is CCCCCCCCCCCCCCCC(=O)N[C@@H](Cc1ccc(OCC2CCCCC2)cc1)C(O)CP(=O)(O)O. The van der Waals surface area contributed by atoms with E-state index in [1.165, 1.54) is 96.3 Å². The Bertz CT molecular complexity index is 852. The number of rotatable bonds is 23. The van der Waals surface area contributed by atoms with Crippen molar-refractivity contribution in [3.8, 4) is 5.75 Å². The summed E-state index contributed by atoms with van der Waals surface area (Å²) in [7, 11) is -4.43. The van der Waals surface area contributed by atoms with Crippen LogP contribution in [0.1, 0.15) is 134 Å². The van der Waals surface area contributed by atoms with Gasteiger partial charge in [-0.05, 0) is 49.3 Å². The lowest BCUT2D eigenvalue weighted by Gasteiger charge is -2.25. The van der Waals surface area contributed by atoms with E-state index in [0.29, 0.717) is 12.3 Å². The van der Waals surface area contributed by atoms with Gasteiger partial charge in [0.1, 0.15) is 5.75 Å². The van der Waals surface area contributed by atoms with Crippen molar-refractivity contribution in [1.82, 2.24) is 5.32 Å². The lowest BCUT2D eigenvalue weighted by Crippen LogP contribution is -2.46. The Morgan fingerprint density at radius 2 is 1.41 bits per heavy atom. The zero-order valence-electron chi connectivity index (χ0n) is 25.6. The van der Waals surface area contributed by atoms with E-state index >= 15 is 0 Å². The van der Waals surface area contributed by atoms with Gasteiger partial charge in [-0.2, -0.15) is 0 Å². The molecule has 0 bridgehead atoms. The Morgan fingerprint density at radius 3 is 1.95 bits per heavy atom. The second-order valence-electron chi connectivity index (χ2n) is 12.2. The fourth-order valence-electron chi connectivity index (χ4n) is 5.78. The summed E-state index contributed by atoms with van der Waals surface area (Å²) >= 11 is 0. The van der Waals surface area contributed by atoms with Crippen molar-refractivity contribution in [2.75, 3.05) is 12.8 Å². The Morgan fingerprint density at radius 1 is 0.878 bits per heavy atom. The van der Waals surface area contributed by atoms with Crippen LogP contribution in [0.15, 0.2) is 24.3 Å². The largest absolute Gasteiger partial charge is 0.493 e. The van der Waals surface area contributed by atoms with Gasteiger partial charge in [-0.1, -0.05) is 115 Å². The van der Waals surface area contributed by atoms with E-state index < -0.39 is 25.9 Å². The lowest BCUT2D eigenvalue weighted by molar-refractivity contribution is -0.122. The highest BCUT2D eigenvalue weighted by Crippen LogP contribution is 2.36. The minimum Gasteiger partial charge on any atom is -0.493 e. The molecule has 7 nitrogen and oxygen atoms in total. The van der Waals surface area contributed by atoms with Gasteiger partial charge in [0.15, 0.2) is 0 Å². The van der Waals surface area contributed by atoms with Crippen LogP contribution in [0, 0.1) is 5.92 Å². The van der Waals surface area contributed by atoms with Crippen molar-refractivity contribution < 1.29 is 29.0 Å². The van der Waals surface area contributed by atoms with Gasteiger partial charge in [-0.25, -0.2) is 0 Å². The fourth-order valence-corrected chi connectivity index (χ4v) is 6.52. The van der Waals surface area contributed by atoms with Crippen LogP contribution in [0.4, 0.5) is 0 Å². The molecule has 236 valence electrons. The molecule has 1 fully saturated rings. The van der Waals surface area contributed by atoms with Crippen LogP contribution in [-0.4, -0.2) is 45.7 Å². The molecule has 2 atom stereocenters. The first-order chi connectivity index (χ1) is 19.8. The molecule has 0 heterocycles. The van der Waals surface area contributed by atoms with Crippen LogP contribution in [0.2, 0.25) is 0 Å². The maximum atomic E-state index is 12.7. The molecule has 4 N–H and O–H groups in total. The van der Waals surface area contributed by atoms with Crippen molar-refractivity contribution in [2.24, 2.45) is 5.92 Å². The van der Waals surface area contributed by atoms with Gasteiger partial charge in [0, 0.05) is 6.42 Å². The number of aliphatic hydroxyl groups excluding tert-OH is 1. The van der Waals surface area contributed by atoms with Crippen LogP contribution < -0.4 is 10.1 Å². The predicted molar refractivity (Wildman–Crippen MR) is 167 cm³/mol. The Labute approximate surface area is 249 Å². The molecule has 1 aromatic carbocycles. The van der Waals surface area contributed by atoms with Crippen molar-refractivity contribution in [3.05, 3.63) is 29.8 Å². The molecule has 0 aromatic heterocycles. The van der Waals surface area contributed by atoms with E-state index in [1.54, 1.807) is 0 Å². The summed E-state index contributed by atoms with van der Waals surface area (Å²) in [5, 5.41) is 13.4. The summed E-state index contributed by atoms with van der Waals surface area (Å²) in [6.45, 7) is 2.97. The maximum Gasteiger partial charge on any atom is 0.328 e. The molecule has 1 aliphatic rings. The van der Waals surface area contributed by atoms with E-state index in [9.17, 15) is 24.3 Å². The van der Waals surface area contributed by atoms with Gasteiger partial charge in [-0.3, -0.25) is 9.36 Å². The Balaban J connectivity index is 1.69. The zero-order valence-corrected chi connectivity index (χ0v) is 26.5. The minimum atomic E-state index is -4.43. The first-order valence-electron chi connectivity index (χ1n) is 16.5. The van der Waals surface area contributed by atoms with Gasteiger partial charge < -0.3 is 24.9 Å². The summed E-state index contributed by atoms with van der Waals surface area (Å²) in [4.78, 5) is 31.5. The van der Waals surface area contributed by atoms with Gasteiger partial charge in [0.05, 0.1) is 24.9 Å². The number of amides is 1. The molecular weight excluding hydrogens is 537 g/mol. The van der Waals surface area contributed by atoms with Crippen molar-refractivity contribution in [1.29, 1.82) is 0 Å². The molecule has 41 heavy (non-hydrogen) atoms. The minimum absolute atomic E-state index is 0.185. The van der Waals surface area contributed by atoms with Gasteiger partial charge in [0.2, 0.25) is 5.91 Å². The fraction of sp³-hybridized carbons (Fsp3) is 0.788.